The summed E-state index contributed by atoms with van der Waals surface area (Å²) in [6, 6.07) is 4.10. The zero-order valence-electron chi connectivity index (χ0n) is 10.2. The van der Waals surface area contributed by atoms with Crippen LogP contribution in [0.25, 0.3) is 0 Å². The van der Waals surface area contributed by atoms with E-state index in [2.05, 4.69) is 16.0 Å². The largest absolute Gasteiger partial charge is 0.390 e. The maximum absolute atomic E-state index is 10.1. The molecule has 3 nitrogen and oxygen atoms in total. The number of pyridine rings is 1. The minimum atomic E-state index is -0.423. The first-order valence-electron chi connectivity index (χ1n) is 6.68. The Balaban J connectivity index is 1.81. The average Bonchev–Trinajstić information content (AvgIpc) is 3.09. The number of hydrogen-bond donors (Lipinski definition) is 1. The van der Waals surface area contributed by atoms with Crippen LogP contribution in [0.1, 0.15) is 37.7 Å². The Morgan fingerprint density at radius 2 is 2.00 bits per heavy atom. The van der Waals surface area contributed by atoms with Crippen LogP contribution in [0.4, 0.5) is 5.82 Å². The van der Waals surface area contributed by atoms with E-state index in [1.807, 2.05) is 12.3 Å². The van der Waals surface area contributed by atoms with Gasteiger partial charge in [0.2, 0.25) is 0 Å². The molecular weight excluding hydrogens is 212 g/mol. The molecule has 0 radical (unpaired) electrons. The zero-order chi connectivity index (χ0) is 11.7. The predicted octanol–water partition coefficient (Wildman–Crippen LogP) is 2.14. The number of aromatic nitrogens is 1. The second-order valence-electron chi connectivity index (χ2n) is 5.43. The molecule has 1 aliphatic carbocycles. The van der Waals surface area contributed by atoms with Crippen molar-refractivity contribution in [3.63, 3.8) is 0 Å². The second-order valence-corrected chi connectivity index (χ2v) is 5.43. The van der Waals surface area contributed by atoms with Crippen molar-refractivity contribution < 1.29 is 5.11 Å². The van der Waals surface area contributed by atoms with E-state index >= 15 is 0 Å². The van der Waals surface area contributed by atoms with Crippen LogP contribution >= 0.6 is 0 Å². The molecule has 1 saturated heterocycles. The molecule has 3 heteroatoms. The number of nitrogens with zero attached hydrogens (tertiary/aromatic N) is 2. The molecule has 2 fully saturated rings. The van der Waals surface area contributed by atoms with Gasteiger partial charge >= 0.3 is 0 Å². The molecule has 1 aliphatic heterocycles. The van der Waals surface area contributed by atoms with Crippen molar-refractivity contribution in [1.29, 1.82) is 0 Å². The van der Waals surface area contributed by atoms with Crippen LogP contribution in [-0.4, -0.2) is 28.8 Å². The standard InChI is InChI=1S/C14H20N2O/c17-14(6-7-14)11-12-5-4-8-15-13(12)16-9-2-1-3-10-16/h4-5,8,17H,1-3,6-7,9-11H2. The third kappa shape index (κ3) is 2.44. The molecule has 0 unspecified atom stereocenters. The Hall–Kier alpha value is -1.09. The third-order valence-electron chi connectivity index (χ3n) is 3.87. The number of aliphatic hydroxyl groups is 1. The van der Waals surface area contributed by atoms with Gasteiger partial charge in [-0.1, -0.05) is 6.07 Å². The number of piperidine rings is 1. The molecule has 17 heavy (non-hydrogen) atoms. The van der Waals surface area contributed by atoms with Gasteiger partial charge in [-0.2, -0.15) is 0 Å². The van der Waals surface area contributed by atoms with Crippen molar-refractivity contribution >= 4 is 5.82 Å². The van der Waals surface area contributed by atoms with E-state index in [4.69, 9.17) is 0 Å². The van der Waals surface area contributed by atoms with Gasteiger partial charge in [0.1, 0.15) is 5.82 Å². The summed E-state index contributed by atoms with van der Waals surface area (Å²) in [5.41, 5.74) is 0.794. The summed E-state index contributed by atoms with van der Waals surface area (Å²) in [7, 11) is 0. The van der Waals surface area contributed by atoms with Gasteiger partial charge in [-0.3, -0.25) is 0 Å². The fraction of sp³-hybridized carbons (Fsp3) is 0.643. The molecule has 1 aromatic rings. The van der Waals surface area contributed by atoms with Gasteiger partial charge in [0.25, 0.3) is 0 Å². The molecule has 1 aromatic heterocycles. The monoisotopic (exact) mass is 232 g/mol. The van der Waals surface area contributed by atoms with E-state index in [9.17, 15) is 5.11 Å². The highest BCUT2D eigenvalue weighted by Gasteiger charge is 2.41. The van der Waals surface area contributed by atoms with Crippen molar-refractivity contribution in [2.75, 3.05) is 18.0 Å². The first kappa shape index (κ1) is 11.0. The lowest BCUT2D eigenvalue weighted by atomic mass is 10.1. The van der Waals surface area contributed by atoms with Crippen molar-refractivity contribution in [1.82, 2.24) is 4.98 Å². The molecule has 0 spiro atoms. The topological polar surface area (TPSA) is 36.4 Å². The van der Waals surface area contributed by atoms with E-state index in [1.54, 1.807) is 0 Å². The Morgan fingerprint density at radius 1 is 1.24 bits per heavy atom. The lowest BCUT2D eigenvalue weighted by Crippen LogP contribution is -2.31. The maximum atomic E-state index is 10.1. The van der Waals surface area contributed by atoms with Gasteiger partial charge in [0.05, 0.1) is 5.60 Å². The summed E-state index contributed by atoms with van der Waals surface area (Å²) in [6.07, 6.45) is 8.39. The van der Waals surface area contributed by atoms with Crippen molar-refractivity contribution in [3.05, 3.63) is 23.9 Å². The fourth-order valence-electron chi connectivity index (χ4n) is 2.63. The van der Waals surface area contributed by atoms with E-state index in [1.165, 1.54) is 24.8 Å². The number of rotatable bonds is 3. The fourth-order valence-corrected chi connectivity index (χ4v) is 2.63. The first-order valence-corrected chi connectivity index (χ1v) is 6.68. The average molecular weight is 232 g/mol. The lowest BCUT2D eigenvalue weighted by molar-refractivity contribution is 0.151. The highest BCUT2D eigenvalue weighted by Crippen LogP contribution is 2.39. The molecule has 3 rings (SSSR count). The zero-order valence-corrected chi connectivity index (χ0v) is 10.2. The Morgan fingerprint density at radius 3 is 2.71 bits per heavy atom. The molecule has 1 saturated carbocycles. The van der Waals surface area contributed by atoms with E-state index in [-0.39, 0.29) is 0 Å². The maximum Gasteiger partial charge on any atom is 0.131 e. The molecule has 0 atom stereocenters. The van der Waals surface area contributed by atoms with Crippen LogP contribution in [0.2, 0.25) is 0 Å². The van der Waals surface area contributed by atoms with E-state index < -0.39 is 5.60 Å². The molecule has 0 bridgehead atoms. The summed E-state index contributed by atoms with van der Waals surface area (Å²) in [4.78, 5) is 6.91. The van der Waals surface area contributed by atoms with E-state index in [0.29, 0.717) is 0 Å². The molecule has 1 N–H and O–H groups in total. The molecule has 2 heterocycles. The van der Waals surface area contributed by atoms with Gasteiger partial charge in [-0.05, 0) is 43.7 Å². The van der Waals surface area contributed by atoms with Crippen LogP contribution in [0.3, 0.4) is 0 Å². The summed E-state index contributed by atoms with van der Waals surface area (Å²) < 4.78 is 0. The summed E-state index contributed by atoms with van der Waals surface area (Å²) in [6.45, 7) is 2.23. The summed E-state index contributed by atoms with van der Waals surface area (Å²) in [5, 5.41) is 10.1. The molecule has 0 amide bonds. The smallest absolute Gasteiger partial charge is 0.131 e. The van der Waals surface area contributed by atoms with Crippen LogP contribution in [0.15, 0.2) is 18.3 Å². The Labute approximate surface area is 102 Å². The van der Waals surface area contributed by atoms with Gasteiger partial charge in [0.15, 0.2) is 0 Å². The molecule has 0 aromatic carbocycles. The number of anilines is 1. The van der Waals surface area contributed by atoms with Crippen LogP contribution in [0, 0.1) is 0 Å². The van der Waals surface area contributed by atoms with Crippen LogP contribution in [-0.2, 0) is 6.42 Å². The Kier molecular flexibility index (Phi) is 2.79. The van der Waals surface area contributed by atoms with Gasteiger partial charge in [0, 0.05) is 25.7 Å². The third-order valence-corrected chi connectivity index (χ3v) is 3.87. The summed E-state index contributed by atoms with van der Waals surface area (Å²) >= 11 is 0. The molecule has 92 valence electrons. The quantitative estimate of drug-likeness (QED) is 0.867. The van der Waals surface area contributed by atoms with Crippen LogP contribution < -0.4 is 4.90 Å². The molecule has 2 aliphatic rings. The van der Waals surface area contributed by atoms with Crippen molar-refractivity contribution in [2.45, 2.75) is 44.1 Å². The minimum absolute atomic E-state index is 0.423. The van der Waals surface area contributed by atoms with Crippen LogP contribution in [0.5, 0.6) is 0 Å². The second kappa shape index (κ2) is 4.30. The van der Waals surface area contributed by atoms with Gasteiger partial charge in [-0.15, -0.1) is 0 Å². The van der Waals surface area contributed by atoms with E-state index in [0.717, 1.165) is 38.2 Å². The predicted molar refractivity (Wildman–Crippen MR) is 68.2 cm³/mol. The molecular formula is C14H20N2O. The van der Waals surface area contributed by atoms with Gasteiger partial charge in [-0.25, -0.2) is 4.98 Å². The number of hydrogen-bond acceptors (Lipinski definition) is 3. The lowest BCUT2D eigenvalue weighted by Gasteiger charge is -2.29. The normalized spacial score (nSPS) is 22.5. The van der Waals surface area contributed by atoms with Crippen molar-refractivity contribution in [2.24, 2.45) is 0 Å². The van der Waals surface area contributed by atoms with Gasteiger partial charge < -0.3 is 10.0 Å². The first-order chi connectivity index (χ1) is 8.27. The highest BCUT2D eigenvalue weighted by atomic mass is 16.3. The highest BCUT2D eigenvalue weighted by molar-refractivity contribution is 5.48. The SMILES string of the molecule is OC1(Cc2cccnc2N2CCCCC2)CC1. The Bertz CT molecular complexity index is 395. The summed E-state index contributed by atoms with van der Waals surface area (Å²) in [5.74, 6) is 1.10. The minimum Gasteiger partial charge on any atom is -0.390 e. The van der Waals surface area contributed by atoms with Crippen molar-refractivity contribution in [3.8, 4) is 0 Å².